The first kappa shape index (κ1) is 17.7. The third-order valence-corrected chi connectivity index (χ3v) is 5.89. The average molecular weight is 386 g/mol. The Morgan fingerprint density at radius 2 is 1.96 bits per heavy atom. The SMILES string of the molecule is CC1(C)Cc2c(sc3c2c(=O)n(-c2ccccc2)c(=O)n3CC(=O)O)CO1. The van der Waals surface area contributed by atoms with Crippen molar-refractivity contribution in [1.29, 1.82) is 0 Å². The van der Waals surface area contributed by atoms with E-state index in [-0.39, 0.29) is 0 Å². The zero-order chi connectivity index (χ0) is 19.3. The lowest BCUT2D eigenvalue weighted by atomic mass is 9.94. The van der Waals surface area contributed by atoms with Crippen LogP contribution in [0, 0.1) is 0 Å². The molecule has 0 saturated heterocycles. The predicted octanol–water partition coefficient (Wildman–Crippen LogP) is 2.15. The molecule has 0 saturated carbocycles. The lowest BCUT2D eigenvalue weighted by molar-refractivity contribution is -0.137. The van der Waals surface area contributed by atoms with Gasteiger partial charge < -0.3 is 9.84 Å². The van der Waals surface area contributed by atoms with Crippen LogP contribution in [0.1, 0.15) is 24.3 Å². The summed E-state index contributed by atoms with van der Waals surface area (Å²) in [4.78, 5) is 39.0. The summed E-state index contributed by atoms with van der Waals surface area (Å²) in [5.74, 6) is -1.14. The van der Waals surface area contributed by atoms with E-state index in [9.17, 15) is 19.5 Å². The molecule has 1 aromatic carbocycles. The number of carboxylic acids is 1. The molecule has 0 amide bonds. The van der Waals surface area contributed by atoms with E-state index in [2.05, 4.69) is 0 Å². The molecule has 140 valence electrons. The maximum Gasteiger partial charge on any atom is 0.337 e. The number of aliphatic carboxylic acids is 1. The number of rotatable bonds is 3. The molecular weight excluding hydrogens is 368 g/mol. The highest BCUT2D eigenvalue weighted by atomic mass is 32.1. The van der Waals surface area contributed by atoms with Gasteiger partial charge in [0.05, 0.1) is 23.3 Å². The number of para-hydroxylation sites is 1. The Labute approximate surface area is 158 Å². The van der Waals surface area contributed by atoms with Gasteiger partial charge in [-0.2, -0.15) is 0 Å². The highest BCUT2D eigenvalue weighted by molar-refractivity contribution is 7.18. The van der Waals surface area contributed by atoms with E-state index in [1.165, 1.54) is 15.9 Å². The van der Waals surface area contributed by atoms with E-state index in [0.29, 0.717) is 28.9 Å². The molecule has 1 aliphatic heterocycles. The maximum absolute atomic E-state index is 13.3. The first-order chi connectivity index (χ1) is 12.8. The largest absolute Gasteiger partial charge is 0.480 e. The number of benzene rings is 1. The summed E-state index contributed by atoms with van der Waals surface area (Å²) in [7, 11) is 0. The molecular formula is C19H18N2O5S. The highest BCUT2D eigenvalue weighted by Gasteiger charge is 2.32. The number of carboxylic acid groups (broad SMARTS) is 1. The summed E-state index contributed by atoms with van der Waals surface area (Å²) < 4.78 is 8.05. The molecule has 0 fully saturated rings. The van der Waals surface area contributed by atoms with Crippen molar-refractivity contribution in [3.63, 3.8) is 0 Å². The minimum absolute atomic E-state index is 0.341. The Balaban J connectivity index is 2.12. The van der Waals surface area contributed by atoms with Crippen molar-refractivity contribution in [1.82, 2.24) is 9.13 Å². The minimum Gasteiger partial charge on any atom is -0.480 e. The third-order valence-electron chi connectivity index (χ3n) is 4.66. The summed E-state index contributed by atoms with van der Waals surface area (Å²) >= 11 is 1.26. The van der Waals surface area contributed by atoms with E-state index < -0.39 is 29.4 Å². The Morgan fingerprint density at radius 3 is 2.63 bits per heavy atom. The van der Waals surface area contributed by atoms with E-state index in [1.54, 1.807) is 30.3 Å². The van der Waals surface area contributed by atoms with Crippen molar-refractivity contribution in [3.05, 3.63) is 61.6 Å². The van der Waals surface area contributed by atoms with Gasteiger partial charge >= 0.3 is 11.7 Å². The summed E-state index contributed by atoms with van der Waals surface area (Å²) in [5, 5.41) is 9.71. The van der Waals surface area contributed by atoms with Crippen LogP contribution in [0.2, 0.25) is 0 Å². The van der Waals surface area contributed by atoms with Crippen LogP contribution in [-0.4, -0.2) is 25.8 Å². The maximum atomic E-state index is 13.3. The predicted molar refractivity (Wildman–Crippen MR) is 102 cm³/mol. The second-order valence-corrected chi connectivity index (χ2v) is 8.23. The van der Waals surface area contributed by atoms with E-state index in [0.717, 1.165) is 15.0 Å². The van der Waals surface area contributed by atoms with Gasteiger partial charge in [-0.3, -0.25) is 14.2 Å². The molecule has 1 N–H and O–H groups in total. The quantitative estimate of drug-likeness (QED) is 0.745. The Bertz CT molecular complexity index is 1170. The van der Waals surface area contributed by atoms with Gasteiger partial charge in [0.2, 0.25) is 0 Å². The topological polar surface area (TPSA) is 90.5 Å². The van der Waals surface area contributed by atoms with Crippen LogP contribution in [0.15, 0.2) is 39.9 Å². The molecule has 27 heavy (non-hydrogen) atoms. The van der Waals surface area contributed by atoms with Crippen LogP contribution in [0.4, 0.5) is 0 Å². The van der Waals surface area contributed by atoms with Gasteiger partial charge in [-0.1, -0.05) is 18.2 Å². The zero-order valence-corrected chi connectivity index (χ0v) is 15.7. The molecule has 0 radical (unpaired) electrons. The average Bonchev–Trinajstić information content (AvgIpc) is 2.97. The van der Waals surface area contributed by atoms with Gasteiger partial charge in [-0.05, 0) is 31.5 Å². The van der Waals surface area contributed by atoms with Gasteiger partial charge in [-0.15, -0.1) is 11.3 Å². The van der Waals surface area contributed by atoms with Gasteiger partial charge in [0, 0.05) is 11.3 Å². The number of hydrogen-bond donors (Lipinski definition) is 1. The smallest absolute Gasteiger partial charge is 0.337 e. The van der Waals surface area contributed by atoms with Gasteiger partial charge in [-0.25, -0.2) is 9.36 Å². The number of nitrogens with zero attached hydrogens (tertiary/aromatic N) is 2. The van der Waals surface area contributed by atoms with Crippen LogP contribution in [0.5, 0.6) is 0 Å². The number of fused-ring (bicyclic) bond motifs is 3. The van der Waals surface area contributed by atoms with Crippen molar-refractivity contribution >= 4 is 27.5 Å². The van der Waals surface area contributed by atoms with Crippen LogP contribution in [-0.2, 0) is 29.1 Å². The summed E-state index contributed by atoms with van der Waals surface area (Å²) in [5.41, 5.74) is -0.239. The lowest BCUT2D eigenvalue weighted by Gasteiger charge is -2.29. The summed E-state index contributed by atoms with van der Waals surface area (Å²) in [6.07, 6.45) is 0.525. The minimum atomic E-state index is -1.14. The molecule has 0 aliphatic carbocycles. The van der Waals surface area contributed by atoms with Crippen molar-refractivity contribution in [2.45, 2.75) is 39.0 Å². The molecule has 0 spiro atoms. The Morgan fingerprint density at radius 1 is 1.26 bits per heavy atom. The number of hydrogen-bond acceptors (Lipinski definition) is 5. The third kappa shape index (κ3) is 2.90. The fraction of sp³-hybridized carbons (Fsp3) is 0.316. The monoisotopic (exact) mass is 386 g/mol. The fourth-order valence-corrected chi connectivity index (χ4v) is 4.65. The number of aromatic nitrogens is 2. The second kappa shape index (κ2) is 6.17. The molecule has 4 rings (SSSR count). The molecule has 7 nitrogen and oxygen atoms in total. The first-order valence-electron chi connectivity index (χ1n) is 8.50. The molecule has 2 aromatic heterocycles. The second-order valence-electron chi connectivity index (χ2n) is 7.15. The van der Waals surface area contributed by atoms with Gasteiger partial charge in [0.15, 0.2) is 0 Å². The Kier molecular flexibility index (Phi) is 4.05. The van der Waals surface area contributed by atoms with Crippen LogP contribution in [0.3, 0.4) is 0 Å². The summed E-state index contributed by atoms with van der Waals surface area (Å²) in [6, 6.07) is 8.56. The molecule has 8 heteroatoms. The number of ether oxygens (including phenoxy) is 1. The van der Waals surface area contributed by atoms with Crippen molar-refractivity contribution in [2.75, 3.05) is 0 Å². The van der Waals surface area contributed by atoms with E-state index in [4.69, 9.17) is 4.74 Å². The molecule has 3 heterocycles. The van der Waals surface area contributed by atoms with E-state index >= 15 is 0 Å². The summed E-state index contributed by atoms with van der Waals surface area (Å²) in [6.45, 7) is 3.73. The van der Waals surface area contributed by atoms with Crippen LogP contribution < -0.4 is 11.2 Å². The fourth-order valence-electron chi connectivity index (χ4n) is 3.44. The zero-order valence-electron chi connectivity index (χ0n) is 14.9. The molecule has 1 aliphatic rings. The van der Waals surface area contributed by atoms with Crippen LogP contribution >= 0.6 is 11.3 Å². The Hall–Kier alpha value is -2.71. The van der Waals surface area contributed by atoms with Gasteiger partial charge in [0.1, 0.15) is 11.4 Å². The standard InChI is InChI=1S/C19H18N2O5S/c1-19(2)8-12-13(10-26-19)27-17-15(12)16(24)21(11-6-4-3-5-7-11)18(25)20(17)9-14(22)23/h3-7H,8-10H2,1-2H3,(H,22,23). The van der Waals surface area contributed by atoms with Crippen molar-refractivity contribution < 1.29 is 14.6 Å². The molecule has 0 unspecified atom stereocenters. The van der Waals surface area contributed by atoms with Crippen LogP contribution in [0.25, 0.3) is 15.9 Å². The number of thiophene rings is 1. The first-order valence-corrected chi connectivity index (χ1v) is 9.31. The van der Waals surface area contributed by atoms with Gasteiger partial charge in [0.25, 0.3) is 5.56 Å². The number of carbonyl (C=O) groups is 1. The molecule has 0 bridgehead atoms. The highest BCUT2D eigenvalue weighted by Crippen LogP contribution is 2.37. The molecule has 3 aromatic rings. The normalized spacial score (nSPS) is 15.6. The van der Waals surface area contributed by atoms with Crippen molar-refractivity contribution in [2.24, 2.45) is 0 Å². The van der Waals surface area contributed by atoms with Crippen molar-refractivity contribution in [3.8, 4) is 5.69 Å². The lowest BCUT2D eigenvalue weighted by Crippen LogP contribution is -2.40. The van der Waals surface area contributed by atoms with E-state index in [1.807, 2.05) is 13.8 Å². The molecule has 0 atom stereocenters.